The van der Waals surface area contributed by atoms with Crippen LogP contribution in [0, 0.1) is 0 Å². The molecule has 0 saturated carbocycles. The molecule has 0 unspecified atom stereocenters. The number of fused-ring (bicyclic) bond motifs is 1. The first-order chi connectivity index (χ1) is 15.7. The first-order valence-corrected chi connectivity index (χ1v) is 10.9. The van der Waals surface area contributed by atoms with Crippen molar-refractivity contribution in [3.8, 4) is 16.9 Å². The van der Waals surface area contributed by atoms with Gasteiger partial charge in [0.25, 0.3) is 5.91 Å². The molecule has 32 heavy (non-hydrogen) atoms. The lowest BCUT2D eigenvalue weighted by Crippen LogP contribution is -2.06. The number of benzene rings is 3. The number of nitrogens with zero attached hydrogens (tertiary/aromatic N) is 2. The highest BCUT2D eigenvalue weighted by molar-refractivity contribution is 8.18. The second-order valence-corrected chi connectivity index (χ2v) is 8.22. The lowest BCUT2D eigenvalue weighted by Gasteiger charge is -2.12. The van der Waals surface area contributed by atoms with Crippen LogP contribution in [-0.4, -0.2) is 23.2 Å². The maximum atomic E-state index is 12.5. The van der Waals surface area contributed by atoms with Crippen LogP contribution < -0.4 is 10.1 Å². The quantitative estimate of drug-likeness (QED) is 0.397. The normalized spacial score (nSPS) is 14.6. The van der Waals surface area contributed by atoms with E-state index < -0.39 is 0 Å². The van der Waals surface area contributed by atoms with Gasteiger partial charge in [0.15, 0.2) is 5.17 Å². The first kappa shape index (κ1) is 20.0. The maximum Gasteiger partial charge on any atom is 0.286 e. The molecule has 3 aromatic carbocycles. The average Bonchev–Trinajstić information content (AvgIpc) is 3.17. The number of carbonyl (C=O) groups is 1. The van der Waals surface area contributed by atoms with Gasteiger partial charge < -0.3 is 10.1 Å². The monoisotopic (exact) mass is 437 g/mol. The summed E-state index contributed by atoms with van der Waals surface area (Å²) in [5.41, 5.74) is 4.81. The number of thioether (sulfide) groups is 1. The molecule has 0 aliphatic carbocycles. The van der Waals surface area contributed by atoms with Gasteiger partial charge in [0, 0.05) is 22.8 Å². The Kier molecular flexibility index (Phi) is 5.44. The Morgan fingerprint density at radius 3 is 2.66 bits per heavy atom. The summed E-state index contributed by atoms with van der Waals surface area (Å²) in [6.07, 6.45) is 3.64. The van der Waals surface area contributed by atoms with Gasteiger partial charge in [0.2, 0.25) is 0 Å². The minimum Gasteiger partial charge on any atom is -0.497 e. The molecule has 4 aromatic rings. The number of amides is 1. The van der Waals surface area contributed by atoms with E-state index >= 15 is 0 Å². The van der Waals surface area contributed by atoms with Crippen molar-refractivity contribution >= 4 is 45.5 Å². The number of amidine groups is 1. The number of methoxy groups -OCH3 is 1. The molecule has 5 nitrogen and oxygen atoms in total. The number of ether oxygens (including phenoxy) is 1. The summed E-state index contributed by atoms with van der Waals surface area (Å²) >= 11 is 1.34. The van der Waals surface area contributed by atoms with Crippen LogP contribution in [0.5, 0.6) is 5.75 Å². The molecule has 1 amide bonds. The fourth-order valence-corrected chi connectivity index (χ4v) is 4.35. The van der Waals surface area contributed by atoms with E-state index in [2.05, 4.69) is 15.3 Å². The summed E-state index contributed by atoms with van der Waals surface area (Å²) in [6, 6.07) is 25.7. The molecule has 1 aliphatic heterocycles. The molecule has 0 radical (unpaired) electrons. The molecule has 1 aliphatic rings. The van der Waals surface area contributed by atoms with E-state index in [1.165, 1.54) is 11.8 Å². The molecule has 5 rings (SSSR count). The molecule has 1 aromatic heterocycles. The fourth-order valence-electron chi connectivity index (χ4n) is 3.53. The third kappa shape index (κ3) is 4.13. The number of aromatic nitrogens is 1. The van der Waals surface area contributed by atoms with Crippen molar-refractivity contribution in [2.45, 2.75) is 0 Å². The Balaban J connectivity index is 1.37. The number of para-hydroxylation sites is 1. The summed E-state index contributed by atoms with van der Waals surface area (Å²) in [5, 5.41) is 4.91. The zero-order valence-electron chi connectivity index (χ0n) is 17.3. The Bertz CT molecular complexity index is 1380. The largest absolute Gasteiger partial charge is 0.497 e. The highest BCUT2D eigenvalue weighted by atomic mass is 32.2. The number of aliphatic imine (C=N–C) groups is 1. The van der Waals surface area contributed by atoms with E-state index in [0.29, 0.717) is 10.1 Å². The van der Waals surface area contributed by atoms with Gasteiger partial charge in [-0.05, 0) is 65.4 Å². The van der Waals surface area contributed by atoms with Crippen molar-refractivity contribution in [3.05, 3.63) is 95.5 Å². The number of hydrogen-bond donors (Lipinski definition) is 1. The number of pyridine rings is 1. The minimum atomic E-state index is -0.245. The molecular weight excluding hydrogens is 418 g/mol. The van der Waals surface area contributed by atoms with Gasteiger partial charge in [0.05, 0.1) is 17.5 Å². The SMILES string of the molecule is COc1ccc(-c2ccccc2NC2=NC(=O)C(=Cc3ccc4ncccc4c3)S2)cc1. The molecular formula is C26H19N3O2S. The molecule has 156 valence electrons. The van der Waals surface area contributed by atoms with Gasteiger partial charge in [0.1, 0.15) is 5.75 Å². The summed E-state index contributed by atoms with van der Waals surface area (Å²) in [5.74, 6) is 0.561. The molecule has 0 fully saturated rings. The minimum absolute atomic E-state index is 0.245. The second-order valence-electron chi connectivity index (χ2n) is 7.19. The van der Waals surface area contributed by atoms with Crippen LogP contribution in [0.1, 0.15) is 5.56 Å². The van der Waals surface area contributed by atoms with Crippen LogP contribution in [0.25, 0.3) is 28.1 Å². The molecule has 0 spiro atoms. The molecule has 6 heteroatoms. The Morgan fingerprint density at radius 2 is 1.81 bits per heavy atom. The zero-order valence-corrected chi connectivity index (χ0v) is 18.1. The van der Waals surface area contributed by atoms with Crippen LogP contribution in [0.2, 0.25) is 0 Å². The smallest absolute Gasteiger partial charge is 0.286 e. The van der Waals surface area contributed by atoms with Crippen LogP contribution in [-0.2, 0) is 4.79 Å². The van der Waals surface area contributed by atoms with E-state index in [9.17, 15) is 4.79 Å². The number of nitrogens with one attached hydrogen (secondary N) is 1. The van der Waals surface area contributed by atoms with Crippen molar-refractivity contribution in [1.29, 1.82) is 0 Å². The summed E-state index contributed by atoms with van der Waals surface area (Å²) in [6.45, 7) is 0. The van der Waals surface area contributed by atoms with Gasteiger partial charge in [-0.1, -0.05) is 42.5 Å². The molecule has 0 atom stereocenters. The van der Waals surface area contributed by atoms with Crippen molar-refractivity contribution < 1.29 is 9.53 Å². The van der Waals surface area contributed by atoms with Crippen LogP contribution in [0.4, 0.5) is 5.69 Å². The topological polar surface area (TPSA) is 63.6 Å². The highest BCUT2D eigenvalue weighted by Gasteiger charge is 2.22. The summed E-state index contributed by atoms with van der Waals surface area (Å²) in [4.78, 5) is 21.7. The number of hydrogen-bond acceptors (Lipinski definition) is 5. The van der Waals surface area contributed by atoms with Gasteiger partial charge in [-0.15, -0.1) is 0 Å². The molecule has 1 N–H and O–H groups in total. The van der Waals surface area contributed by atoms with Gasteiger partial charge in [-0.25, -0.2) is 0 Å². The first-order valence-electron chi connectivity index (χ1n) is 10.1. The molecule has 0 saturated heterocycles. The standard InChI is InChI=1S/C26H19N3O2S/c1-31-20-11-9-18(10-12-20)21-6-2-3-7-23(21)28-26-29-25(30)24(32-26)16-17-8-13-22-19(15-17)5-4-14-27-22/h2-16H,1H3,(H,28,29,30). The van der Waals surface area contributed by atoms with E-state index in [0.717, 1.165) is 39.0 Å². The maximum absolute atomic E-state index is 12.5. The second kappa shape index (κ2) is 8.69. The lowest BCUT2D eigenvalue weighted by molar-refractivity contribution is -0.113. The fraction of sp³-hybridized carbons (Fsp3) is 0.0385. The molecule has 2 heterocycles. The van der Waals surface area contributed by atoms with Crippen LogP contribution >= 0.6 is 11.8 Å². The van der Waals surface area contributed by atoms with Crippen molar-refractivity contribution in [1.82, 2.24) is 4.98 Å². The number of rotatable bonds is 4. The lowest BCUT2D eigenvalue weighted by atomic mass is 10.0. The average molecular weight is 438 g/mol. The van der Waals surface area contributed by atoms with Crippen LogP contribution in [0.3, 0.4) is 0 Å². The Labute approximate surface area is 189 Å². The van der Waals surface area contributed by atoms with Crippen LogP contribution in [0.15, 0.2) is 95.0 Å². The predicted molar refractivity (Wildman–Crippen MR) is 132 cm³/mol. The summed E-state index contributed by atoms with van der Waals surface area (Å²) < 4.78 is 5.25. The van der Waals surface area contributed by atoms with Crippen molar-refractivity contribution in [2.75, 3.05) is 12.4 Å². The van der Waals surface area contributed by atoms with Crippen molar-refractivity contribution in [3.63, 3.8) is 0 Å². The van der Waals surface area contributed by atoms with Gasteiger partial charge in [-0.2, -0.15) is 4.99 Å². The number of anilines is 1. The van der Waals surface area contributed by atoms with Gasteiger partial charge in [-0.3, -0.25) is 9.78 Å². The van der Waals surface area contributed by atoms with E-state index in [4.69, 9.17) is 4.74 Å². The van der Waals surface area contributed by atoms with Gasteiger partial charge >= 0.3 is 0 Å². The Hall–Kier alpha value is -3.90. The van der Waals surface area contributed by atoms with Crippen molar-refractivity contribution in [2.24, 2.45) is 4.99 Å². The third-order valence-electron chi connectivity index (χ3n) is 5.12. The highest BCUT2D eigenvalue weighted by Crippen LogP contribution is 2.33. The van der Waals surface area contributed by atoms with E-state index in [1.54, 1.807) is 13.3 Å². The zero-order chi connectivity index (χ0) is 21.9. The van der Waals surface area contributed by atoms with E-state index in [1.807, 2.05) is 84.9 Å². The Morgan fingerprint density at radius 1 is 0.969 bits per heavy atom. The number of carbonyl (C=O) groups excluding carboxylic acids is 1. The third-order valence-corrected chi connectivity index (χ3v) is 6.01. The van der Waals surface area contributed by atoms with E-state index in [-0.39, 0.29) is 5.91 Å². The summed E-state index contributed by atoms with van der Waals surface area (Å²) in [7, 11) is 1.65. The predicted octanol–water partition coefficient (Wildman–Crippen LogP) is 5.99. The molecule has 0 bridgehead atoms.